The molecule has 0 aliphatic rings. The Balaban J connectivity index is 1.87. The minimum atomic E-state index is 0.563. The SMILES string of the molecule is CCCCn1c[n+](Cc2ccc3ccccc3n2)c(Cl)c1Cl. The van der Waals surface area contributed by atoms with Crippen molar-refractivity contribution in [3.05, 3.63) is 58.7 Å². The maximum Gasteiger partial charge on any atom is 0.255 e. The fourth-order valence-corrected chi connectivity index (χ4v) is 2.92. The van der Waals surface area contributed by atoms with Crippen LogP contribution in [0.4, 0.5) is 0 Å². The minimum Gasteiger partial charge on any atom is -0.249 e. The summed E-state index contributed by atoms with van der Waals surface area (Å²) in [7, 11) is 0. The van der Waals surface area contributed by atoms with E-state index in [1.807, 2.05) is 39.7 Å². The summed E-state index contributed by atoms with van der Waals surface area (Å²) in [6.45, 7) is 3.65. The lowest BCUT2D eigenvalue weighted by atomic mass is 10.2. The van der Waals surface area contributed by atoms with Crippen LogP contribution in [0.1, 0.15) is 25.5 Å². The van der Waals surface area contributed by atoms with Gasteiger partial charge in [0.15, 0.2) is 0 Å². The number of hydrogen-bond acceptors (Lipinski definition) is 1. The van der Waals surface area contributed by atoms with Gasteiger partial charge in [-0.1, -0.05) is 37.6 Å². The van der Waals surface area contributed by atoms with E-state index in [0.29, 0.717) is 16.9 Å². The lowest BCUT2D eigenvalue weighted by Gasteiger charge is -2.01. The molecule has 0 unspecified atom stereocenters. The Morgan fingerprint density at radius 2 is 1.95 bits per heavy atom. The van der Waals surface area contributed by atoms with Gasteiger partial charge in [-0.3, -0.25) is 0 Å². The van der Waals surface area contributed by atoms with Crippen LogP contribution in [0.2, 0.25) is 10.3 Å². The molecule has 3 rings (SSSR count). The van der Waals surface area contributed by atoms with Crippen LogP contribution >= 0.6 is 23.2 Å². The predicted molar refractivity (Wildman–Crippen MR) is 90.4 cm³/mol. The first-order valence-corrected chi connectivity index (χ1v) is 8.23. The molecular weight excluding hydrogens is 317 g/mol. The van der Waals surface area contributed by atoms with Crippen LogP contribution in [-0.4, -0.2) is 9.55 Å². The van der Waals surface area contributed by atoms with Crippen molar-refractivity contribution in [2.75, 3.05) is 0 Å². The van der Waals surface area contributed by atoms with E-state index in [2.05, 4.69) is 24.0 Å². The Morgan fingerprint density at radius 3 is 2.77 bits per heavy atom. The van der Waals surface area contributed by atoms with Crippen molar-refractivity contribution >= 4 is 34.1 Å². The zero-order valence-electron chi connectivity index (χ0n) is 12.5. The Hall–Kier alpha value is -1.58. The van der Waals surface area contributed by atoms with Gasteiger partial charge in [0.2, 0.25) is 6.33 Å². The van der Waals surface area contributed by atoms with E-state index in [1.165, 1.54) is 0 Å². The first-order valence-electron chi connectivity index (χ1n) is 7.47. The molecule has 2 heterocycles. The molecule has 3 aromatic rings. The highest BCUT2D eigenvalue weighted by atomic mass is 35.5. The minimum absolute atomic E-state index is 0.563. The molecule has 22 heavy (non-hydrogen) atoms. The van der Waals surface area contributed by atoms with Crippen molar-refractivity contribution in [3.63, 3.8) is 0 Å². The number of unbranched alkanes of at least 4 members (excludes halogenated alkanes) is 1. The van der Waals surface area contributed by atoms with Gasteiger partial charge in [0.25, 0.3) is 10.3 Å². The fraction of sp³-hybridized carbons (Fsp3) is 0.294. The summed E-state index contributed by atoms with van der Waals surface area (Å²) in [6, 6.07) is 12.2. The summed E-state index contributed by atoms with van der Waals surface area (Å²) in [4.78, 5) is 4.68. The third-order valence-electron chi connectivity index (χ3n) is 3.69. The van der Waals surface area contributed by atoms with Gasteiger partial charge >= 0.3 is 0 Å². The van der Waals surface area contributed by atoms with E-state index in [-0.39, 0.29) is 0 Å². The molecule has 0 aliphatic heterocycles. The molecule has 0 spiro atoms. The second-order valence-corrected chi connectivity index (χ2v) is 6.08. The molecule has 0 fully saturated rings. The molecule has 114 valence electrons. The van der Waals surface area contributed by atoms with E-state index in [0.717, 1.165) is 36.0 Å². The van der Waals surface area contributed by atoms with Crippen LogP contribution in [0.3, 0.4) is 0 Å². The number of nitrogens with zero attached hydrogens (tertiary/aromatic N) is 3. The van der Waals surface area contributed by atoms with Crippen molar-refractivity contribution in [3.8, 4) is 0 Å². The van der Waals surface area contributed by atoms with Gasteiger partial charge in [-0.25, -0.2) is 14.1 Å². The summed E-state index contributed by atoms with van der Waals surface area (Å²) in [5.41, 5.74) is 1.96. The van der Waals surface area contributed by atoms with Crippen LogP contribution in [-0.2, 0) is 13.1 Å². The van der Waals surface area contributed by atoms with Gasteiger partial charge in [-0.2, -0.15) is 0 Å². The van der Waals surface area contributed by atoms with Crippen molar-refractivity contribution in [1.29, 1.82) is 0 Å². The summed E-state index contributed by atoms with van der Waals surface area (Å²) in [6.07, 6.45) is 4.18. The quantitative estimate of drug-likeness (QED) is 0.630. The van der Waals surface area contributed by atoms with E-state index >= 15 is 0 Å². The van der Waals surface area contributed by atoms with Crippen LogP contribution in [0.25, 0.3) is 10.9 Å². The number of pyridine rings is 1. The summed E-state index contributed by atoms with van der Waals surface area (Å²) in [5.74, 6) is 0. The number of fused-ring (bicyclic) bond motifs is 1. The Morgan fingerprint density at radius 1 is 1.14 bits per heavy atom. The zero-order chi connectivity index (χ0) is 15.5. The third-order valence-corrected chi connectivity index (χ3v) is 4.58. The average molecular weight is 335 g/mol. The van der Waals surface area contributed by atoms with Crippen molar-refractivity contribution in [1.82, 2.24) is 9.55 Å². The van der Waals surface area contributed by atoms with Crippen LogP contribution < -0.4 is 4.57 Å². The number of aryl methyl sites for hydroxylation is 1. The zero-order valence-corrected chi connectivity index (χ0v) is 14.0. The second-order valence-electron chi connectivity index (χ2n) is 5.37. The van der Waals surface area contributed by atoms with Gasteiger partial charge in [0.05, 0.1) is 17.8 Å². The smallest absolute Gasteiger partial charge is 0.249 e. The van der Waals surface area contributed by atoms with Gasteiger partial charge in [0, 0.05) is 5.39 Å². The van der Waals surface area contributed by atoms with Crippen LogP contribution in [0, 0.1) is 0 Å². The Labute approximate surface area is 140 Å². The molecule has 0 N–H and O–H groups in total. The number of rotatable bonds is 5. The molecule has 0 amide bonds. The number of aromatic nitrogens is 3. The normalized spacial score (nSPS) is 11.2. The number of imidazole rings is 1. The number of halogens is 2. The summed E-state index contributed by atoms with van der Waals surface area (Å²) < 4.78 is 3.94. The van der Waals surface area contributed by atoms with Crippen LogP contribution in [0.15, 0.2) is 42.7 Å². The molecule has 0 aliphatic carbocycles. The molecule has 5 heteroatoms. The van der Waals surface area contributed by atoms with Crippen molar-refractivity contribution < 1.29 is 4.57 Å². The average Bonchev–Trinajstić information content (AvgIpc) is 2.81. The largest absolute Gasteiger partial charge is 0.255 e. The molecular formula is C17H18Cl2N3+. The highest BCUT2D eigenvalue weighted by Crippen LogP contribution is 2.20. The number of benzene rings is 1. The number of hydrogen-bond donors (Lipinski definition) is 0. The maximum absolute atomic E-state index is 6.34. The summed E-state index contributed by atoms with van der Waals surface area (Å²) in [5, 5.41) is 2.30. The highest BCUT2D eigenvalue weighted by Gasteiger charge is 2.20. The lowest BCUT2D eigenvalue weighted by molar-refractivity contribution is -0.686. The Bertz CT molecular complexity index is 796. The third kappa shape index (κ3) is 3.11. The fourth-order valence-electron chi connectivity index (χ4n) is 2.47. The molecule has 0 saturated carbocycles. The van der Waals surface area contributed by atoms with Crippen LogP contribution in [0.5, 0.6) is 0 Å². The molecule has 0 atom stereocenters. The van der Waals surface area contributed by atoms with Gasteiger partial charge < -0.3 is 0 Å². The standard InChI is InChI=1S/C17H18Cl2N3/c1-2-3-10-21-12-22(17(19)16(21)18)11-14-9-8-13-6-4-5-7-15(13)20-14/h4-9,12H,2-3,10-11H2,1H3/q+1. The predicted octanol–water partition coefficient (Wildman–Crippen LogP) is 4.48. The van der Waals surface area contributed by atoms with Crippen molar-refractivity contribution in [2.24, 2.45) is 0 Å². The first-order chi connectivity index (χ1) is 10.7. The highest BCUT2D eigenvalue weighted by molar-refractivity contribution is 6.39. The van der Waals surface area contributed by atoms with E-state index in [9.17, 15) is 0 Å². The topological polar surface area (TPSA) is 21.7 Å². The maximum atomic E-state index is 6.34. The monoisotopic (exact) mass is 334 g/mol. The molecule has 0 saturated heterocycles. The lowest BCUT2D eigenvalue weighted by Crippen LogP contribution is -2.33. The molecule has 1 aromatic carbocycles. The number of para-hydroxylation sites is 1. The Kier molecular flexibility index (Phi) is 4.65. The van der Waals surface area contributed by atoms with Gasteiger partial charge in [-0.15, -0.1) is 0 Å². The van der Waals surface area contributed by atoms with Gasteiger partial charge in [0.1, 0.15) is 6.54 Å². The van der Waals surface area contributed by atoms with Gasteiger partial charge in [-0.05, 0) is 41.8 Å². The molecule has 2 aromatic heterocycles. The second kappa shape index (κ2) is 6.67. The van der Waals surface area contributed by atoms with E-state index in [4.69, 9.17) is 23.2 Å². The van der Waals surface area contributed by atoms with E-state index < -0.39 is 0 Å². The van der Waals surface area contributed by atoms with Crippen molar-refractivity contribution in [2.45, 2.75) is 32.9 Å². The molecule has 0 radical (unpaired) electrons. The van der Waals surface area contributed by atoms with E-state index in [1.54, 1.807) is 0 Å². The summed E-state index contributed by atoms with van der Waals surface area (Å²) >= 11 is 12.6. The first kappa shape index (κ1) is 15.3. The molecule has 3 nitrogen and oxygen atoms in total. The molecule has 0 bridgehead atoms.